The topological polar surface area (TPSA) is 51.0 Å². The van der Waals surface area contributed by atoms with Gasteiger partial charge in [-0.25, -0.2) is 4.68 Å². The van der Waals surface area contributed by atoms with Crippen molar-refractivity contribution in [1.82, 2.24) is 19.9 Å². The number of carbonyl (C=O) groups is 1. The van der Waals surface area contributed by atoms with Gasteiger partial charge in [-0.15, -0.1) is 5.10 Å². The van der Waals surface area contributed by atoms with Gasteiger partial charge in [0, 0.05) is 25.2 Å². The molecule has 0 spiro atoms. The fraction of sp³-hybridized carbons (Fsp3) is 0.348. The fourth-order valence-corrected chi connectivity index (χ4v) is 4.14. The van der Waals surface area contributed by atoms with Crippen molar-refractivity contribution < 1.29 is 4.79 Å². The van der Waals surface area contributed by atoms with Crippen LogP contribution in [0.5, 0.6) is 0 Å². The molecule has 2 heterocycles. The predicted molar refractivity (Wildman–Crippen MR) is 107 cm³/mol. The van der Waals surface area contributed by atoms with E-state index in [1.54, 1.807) is 0 Å². The third-order valence-electron chi connectivity index (χ3n) is 5.89. The molecule has 1 aliphatic carbocycles. The van der Waals surface area contributed by atoms with Crippen LogP contribution in [0.2, 0.25) is 0 Å². The average Bonchev–Trinajstić information content (AvgIpc) is 3.27. The Bertz CT molecular complexity index is 910. The molecule has 1 aromatic heterocycles. The quantitative estimate of drug-likeness (QED) is 0.685. The Morgan fingerprint density at radius 1 is 0.929 bits per heavy atom. The van der Waals surface area contributed by atoms with Gasteiger partial charge < -0.3 is 4.90 Å². The summed E-state index contributed by atoms with van der Waals surface area (Å²) in [4.78, 5) is 15.5. The van der Waals surface area contributed by atoms with E-state index in [4.69, 9.17) is 0 Å². The molecule has 2 aromatic carbocycles. The lowest BCUT2D eigenvalue weighted by molar-refractivity contribution is -0.130. The minimum absolute atomic E-state index is 0.169. The van der Waals surface area contributed by atoms with Gasteiger partial charge in [-0.3, -0.25) is 4.79 Å². The van der Waals surface area contributed by atoms with Gasteiger partial charge in [0.1, 0.15) is 0 Å². The van der Waals surface area contributed by atoms with Crippen LogP contribution in [0.4, 0.5) is 0 Å². The molecule has 1 saturated heterocycles. The molecule has 1 unspecified atom stereocenters. The summed E-state index contributed by atoms with van der Waals surface area (Å²) in [6.07, 6.45) is 5.46. The highest BCUT2D eigenvalue weighted by Crippen LogP contribution is 2.39. The number of amides is 1. The highest BCUT2D eigenvalue weighted by molar-refractivity contribution is 5.87. The maximum absolute atomic E-state index is 13.5. The molecule has 3 aromatic rings. The second kappa shape index (κ2) is 7.23. The summed E-state index contributed by atoms with van der Waals surface area (Å²) in [7, 11) is 0. The minimum atomic E-state index is -0.265. The van der Waals surface area contributed by atoms with Crippen molar-refractivity contribution in [3.8, 4) is 0 Å². The van der Waals surface area contributed by atoms with Gasteiger partial charge in [-0.1, -0.05) is 65.9 Å². The van der Waals surface area contributed by atoms with E-state index >= 15 is 0 Å². The first kappa shape index (κ1) is 17.2. The van der Waals surface area contributed by atoms with E-state index in [1.807, 2.05) is 70.2 Å². The van der Waals surface area contributed by atoms with Crippen LogP contribution in [0.1, 0.15) is 54.0 Å². The maximum Gasteiger partial charge on any atom is 0.234 e. The fourth-order valence-electron chi connectivity index (χ4n) is 4.14. The second-order valence-corrected chi connectivity index (χ2v) is 7.88. The molecule has 2 aliphatic rings. The molecular weight excluding hydrogens is 348 g/mol. The second-order valence-electron chi connectivity index (χ2n) is 7.88. The molecule has 1 aliphatic heterocycles. The molecule has 2 fully saturated rings. The van der Waals surface area contributed by atoms with Gasteiger partial charge in [0.2, 0.25) is 5.91 Å². The lowest BCUT2D eigenvalue weighted by atomic mass is 9.90. The van der Waals surface area contributed by atoms with Crippen molar-refractivity contribution in [2.75, 3.05) is 13.1 Å². The zero-order valence-electron chi connectivity index (χ0n) is 15.8. The van der Waals surface area contributed by atoms with Crippen LogP contribution < -0.4 is 0 Å². The molecule has 0 bridgehead atoms. The third-order valence-corrected chi connectivity index (χ3v) is 5.89. The summed E-state index contributed by atoms with van der Waals surface area (Å²) >= 11 is 0. The Hall–Kier alpha value is -2.95. The van der Waals surface area contributed by atoms with Crippen molar-refractivity contribution >= 4 is 5.91 Å². The number of nitrogens with zero attached hydrogens (tertiary/aromatic N) is 4. The van der Waals surface area contributed by atoms with E-state index in [1.165, 1.54) is 12.8 Å². The summed E-state index contributed by atoms with van der Waals surface area (Å²) in [6.45, 7) is 1.46. The Morgan fingerprint density at radius 2 is 1.57 bits per heavy atom. The predicted octanol–water partition coefficient (Wildman–Crippen LogP) is 3.76. The molecule has 0 radical (unpaired) electrons. The SMILES string of the molecule is O=C(C(c1ccccc1)c1ccccc1)N1CCC(n2cc(C3CC3)nn2)C1. The minimum Gasteiger partial charge on any atom is -0.340 e. The van der Waals surface area contributed by atoms with E-state index < -0.39 is 0 Å². The third kappa shape index (κ3) is 3.33. The lowest BCUT2D eigenvalue weighted by Gasteiger charge is -2.24. The van der Waals surface area contributed by atoms with Crippen molar-refractivity contribution in [3.63, 3.8) is 0 Å². The number of carbonyl (C=O) groups excluding carboxylic acids is 1. The summed E-state index contributed by atoms with van der Waals surface area (Å²) in [5.41, 5.74) is 3.19. The summed E-state index contributed by atoms with van der Waals surface area (Å²) in [5.74, 6) is 0.509. The Balaban J connectivity index is 1.37. The van der Waals surface area contributed by atoms with Crippen LogP contribution in [0, 0.1) is 0 Å². The molecular formula is C23H24N4O. The van der Waals surface area contributed by atoms with Crippen molar-refractivity contribution in [1.29, 1.82) is 0 Å². The monoisotopic (exact) mass is 372 g/mol. The number of aromatic nitrogens is 3. The largest absolute Gasteiger partial charge is 0.340 e. The van der Waals surface area contributed by atoms with Gasteiger partial charge in [-0.05, 0) is 30.4 Å². The Morgan fingerprint density at radius 3 is 2.18 bits per heavy atom. The summed E-state index contributed by atoms with van der Waals surface area (Å²) in [5, 5.41) is 8.68. The van der Waals surface area contributed by atoms with E-state index in [0.29, 0.717) is 12.5 Å². The molecule has 1 saturated carbocycles. The molecule has 5 heteroatoms. The number of rotatable bonds is 5. The van der Waals surface area contributed by atoms with Crippen LogP contribution in [-0.2, 0) is 4.79 Å². The van der Waals surface area contributed by atoms with E-state index in [0.717, 1.165) is 29.8 Å². The van der Waals surface area contributed by atoms with Crippen LogP contribution in [0.3, 0.4) is 0 Å². The van der Waals surface area contributed by atoms with Gasteiger partial charge in [0.05, 0.1) is 17.7 Å². The van der Waals surface area contributed by atoms with Crippen LogP contribution >= 0.6 is 0 Å². The highest BCUT2D eigenvalue weighted by Gasteiger charge is 2.34. The number of benzene rings is 2. The van der Waals surface area contributed by atoms with E-state index in [2.05, 4.69) is 16.5 Å². The average molecular weight is 372 g/mol. The standard InChI is InChI=1S/C23H24N4O/c28-23(22(18-7-3-1-4-8-18)19-9-5-2-6-10-19)26-14-13-20(15-26)27-16-21(24-25-27)17-11-12-17/h1-10,16-17,20,22H,11-15H2. The van der Waals surface area contributed by atoms with Gasteiger partial charge in [0.15, 0.2) is 0 Å². The van der Waals surface area contributed by atoms with Gasteiger partial charge in [-0.2, -0.15) is 0 Å². The number of likely N-dealkylation sites (tertiary alicyclic amines) is 1. The van der Waals surface area contributed by atoms with Crippen molar-refractivity contribution in [2.45, 2.75) is 37.1 Å². The van der Waals surface area contributed by atoms with Crippen LogP contribution in [0.15, 0.2) is 66.9 Å². The summed E-state index contributed by atoms with van der Waals surface area (Å²) in [6, 6.07) is 20.4. The molecule has 5 rings (SSSR count). The number of hydrogen-bond donors (Lipinski definition) is 0. The van der Waals surface area contributed by atoms with Gasteiger partial charge >= 0.3 is 0 Å². The molecule has 142 valence electrons. The molecule has 1 amide bonds. The Kier molecular flexibility index (Phi) is 4.43. The van der Waals surface area contributed by atoms with Crippen LogP contribution in [0.25, 0.3) is 0 Å². The first-order chi connectivity index (χ1) is 13.8. The Labute approximate surface area is 165 Å². The smallest absolute Gasteiger partial charge is 0.234 e. The number of hydrogen-bond acceptors (Lipinski definition) is 3. The van der Waals surface area contributed by atoms with Crippen molar-refractivity contribution in [3.05, 3.63) is 83.7 Å². The first-order valence-corrected chi connectivity index (χ1v) is 10.1. The van der Waals surface area contributed by atoms with E-state index in [-0.39, 0.29) is 17.9 Å². The maximum atomic E-state index is 13.5. The summed E-state index contributed by atoms with van der Waals surface area (Å²) < 4.78 is 1.97. The molecule has 1 atom stereocenters. The van der Waals surface area contributed by atoms with Crippen molar-refractivity contribution in [2.24, 2.45) is 0 Å². The zero-order chi connectivity index (χ0) is 18.9. The van der Waals surface area contributed by atoms with Crippen LogP contribution in [-0.4, -0.2) is 38.9 Å². The lowest BCUT2D eigenvalue weighted by Crippen LogP contribution is -2.34. The molecule has 5 nitrogen and oxygen atoms in total. The van der Waals surface area contributed by atoms with E-state index in [9.17, 15) is 4.79 Å². The van der Waals surface area contributed by atoms with Gasteiger partial charge in [0.25, 0.3) is 0 Å². The normalized spacial score (nSPS) is 19.3. The molecule has 28 heavy (non-hydrogen) atoms. The first-order valence-electron chi connectivity index (χ1n) is 10.1. The highest BCUT2D eigenvalue weighted by atomic mass is 16.2. The molecule has 0 N–H and O–H groups in total. The zero-order valence-corrected chi connectivity index (χ0v) is 15.8.